The lowest BCUT2D eigenvalue weighted by molar-refractivity contribution is -0.130. The molecule has 88 valence electrons. The summed E-state index contributed by atoms with van der Waals surface area (Å²) in [4.78, 5) is 13.2. The van der Waals surface area contributed by atoms with Crippen molar-refractivity contribution >= 4 is 5.91 Å². The fourth-order valence-electron chi connectivity index (χ4n) is 2.04. The first-order valence-corrected chi connectivity index (χ1v) is 5.57. The van der Waals surface area contributed by atoms with E-state index in [1.54, 1.807) is 6.92 Å². The van der Waals surface area contributed by atoms with E-state index in [1.807, 2.05) is 15.8 Å². The molecule has 0 aromatic carbocycles. The maximum Gasteiger partial charge on any atom is 0.219 e. The Kier molecular flexibility index (Phi) is 3.19. The summed E-state index contributed by atoms with van der Waals surface area (Å²) in [6.45, 7) is 3.59. The second-order valence-electron chi connectivity index (χ2n) is 4.16. The molecule has 0 spiro atoms. The lowest BCUT2D eigenvalue weighted by atomic mass is 10.1. The van der Waals surface area contributed by atoms with Crippen molar-refractivity contribution < 1.29 is 4.79 Å². The summed E-state index contributed by atoms with van der Waals surface area (Å²) in [6.07, 6.45) is 3.92. The van der Waals surface area contributed by atoms with E-state index < -0.39 is 0 Å². The highest BCUT2D eigenvalue weighted by Gasteiger charge is 2.23. The summed E-state index contributed by atoms with van der Waals surface area (Å²) in [5.74, 6) is 0.129. The van der Waals surface area contributed by atoms with Crippen molar-refractivity contribution in [3.63, 3.8) is 0 Å². The van der Waals surface area contributed by atoms with E-state index in [9.17, 15) is 4.79 Å². The first-order chi connectivity index (χ1) is 7.70. The molecule has 1 fully saturated rings. The van der Waals surface area contributed by atoms with Crippen LogP contribution in [0.15, 0.2) is 6.20 Å². The number of hydrogen-bond acceptors (Lipinski definition) is 4. The van der Waals surface area contributed by atoms with Gasteiger partial charge < -0.3 is 10.6 Å². The molecule has 0 aliphatic carbocycles. The average Bonchev–Trinajstić information content (AvgIpc) is 2.77. The van der Waals surface area contributed by atoms with Crippen molar-refractivity contribution in [2.24, 2.45) is 5.73 Å². The van der Waals surface area contributed by atoms with Gasteiger partial charge >= 0.3 is 0 Å². The summed E-state index contributed by atoms with van der Waals surface area (Å²) < 4.78 is 1.83. The molecule has 6 nitrogen and oxygen atoms in total. The molecule has 1 atom stereocenters. The number of amides is 1. The smallest absolute Gasteiger partial charge is 0.219 e. The Morgan fingerprint density at radius 3 is 3.12 bits per heavy atom. The monoisotopic (exact) mass is 223 g/mol. The molecule has 2 N–H and O–H groups in total. The Labute approximate surface area is 94.4 Å². The van der Waals surface area contributed by atoms with E-state index in [0.29, 0.717) is 6.54 Å². The molecule has 1 unspecified atom stereocenters. The number of nitrogens with zero attached hydrogens (tertiary/aromatic N) is 4. The fourth-order valence-corrected chi connectivity index (χ4v) is 2.04. The first kappa shape index (κ1) is 11.1. The van der Waals surface area contributed by atoms with Crippen molar-refractivity contribution in [1.82, 2.24) is 19.9 Å². The molecule has 16 heavy (non-hydrogen) atoms. The predicted molar refractivity (Wildman–Crippen MR) is 58.4 cm³/mol. The zero-order valence-electron chi connectivity index (χ0n) is 9.46. The lowest BCUT2D eigenvalue weighted by Gasteiger charge is -2.31. The molecule has 0 radical (unpaired) electrons. The third-order valence-corrected chi connectivity index (χ3v) is 2.98. The minimum Gasteiger partial charge on any atom is -0.341 e. The molecule has 1 amide bonds. The molecule has 1 aromatic heterocycles. The van der Waals surface area contributed by atoms with Crippen molar-refractivity contribution in [3.8, 4) is 0 Å². The van der Waals surface area contributed by atoms with Crippen LogP contribution in [0.3, 0.4) is 0 Å². The molecule has 0 bridgehead atoms. The summed E-state index contributed by atoms with van der Waals surface area (Å²) in [7, 11) is 0. The first-order valence-electron chi connectivity index (χ1n) is 5.57. The quantitative estimate of drug-likeness (QED) is 0.760. The molecular formula is C10H17N5O. The van der Waals surface area contributed by atoms with Crippen molar-refractivity contribution in [2.75, 3.05) is 13.1 Å². The predicted octanol–water partition coefficient (Wildman–Crippen LogP) is -0.0798. The van der Waals surface area contributed by atoms with Crippen molar-refractivity contribution in [3.05, 3.63) is 11.9 Å². The Bertz CT molecular complexity index is 375. The number of hydrogen-bond donors (Lipinski definition) is 1. The maximum atomic E-state index is 11.3. The zero-order chi connectivity index (χ0) is 11.5. The Hall–Kier alpha value is -1.43. The van der Waals surface area contributed by atoms with Gasteiger partial charge in [-0.25, -0.2) is 4.68 Å². The van der Waals surface area contributed by atoms with E-state index in [4.69, 9.17) is 5.73 Å². The van der Waals surface area contributed by atoms with Gasteiger partial charge in [-0.2, -0.15) is 0 Å². The van der Waals surface area contributed by atoms with E-state index in [-0.39, 0.29) is 11.9 Å². The average molecular weight is 223 g/mol. The summed E-state index contributed by atoms with van der Waals surface area (Å²) in [5, 5.41) is 8.02. The number of aromatic nitrogens is 3. The van der Waals surface area contributed by atoms with Crippen LogP contribution in [-0.4, -0.2) is 38.9 Å². The van der Waals surface area contributed by atoms with Gasteiger partial charge in [0.1, 0.15) is 0 Å². The van der Waals surface area contributed by atoms with E-state index in [1.165, 1.54) is 0 Å². The van der Waals surface area contributed by atoms with Crippen LogP contribution >= 0.6 is 0 Å². The standard InChI is InChI=1S/C10H17N5O/c1-8(16)14-4-2-3-10(7-14)15-6-9(5-11)12-13-15/h6,10H,2-5,7,11H2,1H3. The highest BCUT2D eigenvalue weighted by Crippen LogP contribution is 2.20. The summed E-state index contributed by atoms with van der Waals surface area (Å²) >= 11 is 0. The van der Waals surface area contributed by atoms with E-state index >= 15 is 0 Å². The Morgan fingerprint density at radius 1 is 1.69 bits per heavy atom. The second kappa shape index (κ2) is 4.61. The lowest BCUT2D eigenvalue weighted by Crippen LogP contribution is -2.39. The molecule has 1 aromatic rings. The fraction of sp³-hybridized carbons (Fsp3) is 0.700. The minimum absolute atomic E-state index is 0.129. The molecule has 6 heteroatoms. The minimum atomic E-state index is 0.129. The molecular weight excluding hydrogens is 206 g/mol. The summed E-state index contributed by atoms with van der Waals surface area (Å²) in [6, 6.07) is 0.241. The van der Waals surface area contributed by atoms with Gasteiger partial charge in [-0.15, -0.1) is 5.10 Å². The van der Waals surface area contributed by atoms with Crippen molar-refractivity contribution in [2.45, 2.75) is 32.4 Å². The van der Waals surface area contributed by atoms with Crippen LogP contribution in [0.2, 0.25) is 0 Å². The number of rotatable bonds is 2. The van der Waals surface area contributed by atoms with Crippen molar-refractivity contribution in [1.29, 1.82) is 0 Å². The van der Waals surface area contributed by atoms with Gasteiger partial charge in [0.15, 0.2) is 0 Å². The highest BCUT2D eigenvalue weighted by atomic mass is 16.2. The number of piperidine rings is 1. The van der Waals surface area contributed by atoms with E-state index in [2.05, 4.69) is 10.3 Å². The van der Waals surface area contributed by atoms with Gasteiger partial charge in [-0.3, -0.25) is 4.79 Å². The Morgan fingerprint density at radius 2 is 2.50 bits per heavy atom. The number of nitrogens with two attached hydrogens (primary N) is 1. The normalized spacial score (nSPS) is 21.1. The molecule has 1 aliphatic heterocycles. The van der Waals surface area contributed by atoms with Gasteiger partial charge in [0.25, 0.3) is 0 Å². The zero-order valence-corrected chi connectivity index (χ0v) is 9.46. The molecule has 2 heterocycles. The number of carbonyl (C=O) groups excluding carboxylic acids is 1. The van der Waals surface area contributed by atoms with Crippen LogP contribution in [0, 0.1) is 0 Å². The van der Waals surface area contributed by atoms with Gasteiger partial charge in [0, 0.05) is 26.6 Å². The van der Waals surface area contributed by atoms with Gasteiger partial charge in [0.2, 0.25) is 5.91 Å². The second-order valence-corrected chi connectivity index (χ2v) is 4.16. The van der Waals surface area contributed by atoms with Crippen LogP contribution in [-0.2, 0) is 11.3 Å². The number of likely N-dealkylation sites (tertiary alicyclic amines) is 1. The Balaban J connectivity index is 2.06. The summed E-state index contributed by atoms with van der Waals surface area (Å²) in [5.41, 5.74) is 6.28. The van der Waals surface area contributed by atoms with Gasteiger partial charge in [-0.1, -0.05) is 5.21 Å². The van der Waals surface area contributed by atoms with Crippen LogP contribution in [0.1, 0.15) is 31.5 Å². The van der Waals surface area contributed by atoms with Crippen LogP contribution in [0.5, 0.6) is 0 Å². The van der Waals surface area contributed by atoms with Gasteiger partial charge in [0.05, 0.1) is 17.9 Å². The topological polar surface area (TPSA) is 77.0 Å². The van der Waals surface area contributed by atoms with Gasteiger partial charge in [-0.05, 0) is 12.8 Å². The molecule has 1 saturated heterocycles. The van der Waals surface area contributed by atoms with E-state index in [0.717, 1.165) is 31.6 Å². The molecule has 0 saturated carbocycles. The third-order valence-electron chi connectivity index (χ3n) is 2.98. The van der Waals surface area contributed by atoms with Crippen LogP contribution in [0.25, 0.3) is 0 Å². The number of carbonyl (C=O) groups is 1. The molecule has 2 rings (SSSR count). The van der Waals surface area contributed by atoms with Crippen LogP contribution < -0.4 is 5.73 Å². The SMILES string of the molecule is CC(=O)N1CCCC(n2cc(CN)nn2)C1. The molecule has 1 aliphatic rings. The largest absolute Gasteiger partial charge is 0.341 e. The van der Waals surface area contributed by atoms with Crippen LogP contribution in [0.4, 0.5) is 0 Å². The highest BCUT2D eigenvalue weighted by molar-refractivity contribution is 5.73. The maximum absolute atomic E-state index is 11.3. The third kappa shape index (κ3) is 2.21.